The van der Waals surface area contributed by atoms with Crippen molar-refractivity contribution in [2.75, 3.05) is 0 Å². The lowest BCUT2D eigenvalue weighted by Gasteiger charge is -2.12. The number of hydrogen-bond donors (Lipinski definition) is 1. The van der Waals surface area contributed by atoms with Gasteiger partial charge in [0.1, 0.15) is 0 Å². The van der Waals surface area contributed by atoms with Crippen LogP contribution in [-0.4, -0.2) is 5.87 Å². The highest BCUT2D eigenvalue weighted by Gasteiger charge is 2.05. The molecule has 2 aromatic rings. The van der Waals surface area contributed by atoms with E-state index >= 15 is 0 Å². The van der Waals surface area contributed by atoms with Crippen LogP contribution < -0.4 is 5.90 Å². The molecule has 0 saturated carbocycles. The zero-order chi connectivity index (χ0) is 12.1. The molecule has 1 unspecified atom stereocenters. The second kappa shape index (κ2) is 5.77. The highest BCUT2D eigenvalue weighted by Crippen LogP contribution is 2.35. The molecule has 1 atom stereocenters. The van der Waals surface area contributed by atoms with Crippen molar-refractivity contribution < 1.29 is 4.84 Å². The van der Waals surface area contributed by atoms with Crippen LogP contribution in [0.3, 0.4) is 0 Å². The minimum atomic E-state index is -0.195. The molecule has 0 bridgehead atoms. The van der Waals surface area contributed by atoms with E-state index in [0.717, 1.165) is 5.56 Å². The fourth-order valence-electron chi connectivity index (χ4n) is 1.66. The second-order valence-electron chi connectivity index (χ2n) is 3.62. The van der Waals surface area contributed by atoms with Crippen molar-refractivity contribution in [2.24, 2.45) is 5.90 Å². The third kappa shape index (κ3) is 2.82. The number of benzene rings is 2. The summed E-state index contributed by atoms with van der Waals surface area (Å²) in [7, 11) is -0.195. The van der Waals surface area contributed by atoms with Gasteiger partial charge in [0.15, 0.2) is 0 Å². The maximum Gasteiger partial charge on any atom is 0.0940 e. The van der Waals surface area contributed by atoms with Crippen molar-refractivity contribution in [3.05, 3.63) is 60.2 Å². The molecule has 0 saturated heterocycles. The van der Waals surface area contributed by atoms with Gasteiger partial charge >= 0.3 is 0 Å². The minimum absolute atomic E-state index is 0.195. The van der Waals surface area contributed by atoms with Crippen LogP contribution >= 0.6 is 10.5 Å². The Bertz CT molecular complexity index is 511. The third-order valence-corrected chi connectivity index (χ3v) is 4.28. The first-order chi connectivity index (χ1) is 8.33. The summed E-state index contributed by atoms with van der Waals surface area (Å²) in [5, 5.41) is 0. The fraction of sp³-hybridized carbons (Fsp3) is 0.0714. The zero-order valence-corrected chi connectivity index (χ0v) is 10.3. The quantitative estimate of drug-likeness (QED) is 0.663. The average molecular weight is 245 g/mol. The maximum atomic E-state index is 5.15. The molecule has 3 heteroatoms. The average Bonchev–Trinajstić information content (AvgIpc) is 2.40. The molecule has 0 aromatic heterocycles. The van der Waals surface area contributed by atoms with E-state index in [1.807, 2.05) is 36.4 Å². The van der Waals surface area contributed by atoms with Crippen LogP contribution in [-0.2, 0) is 11.4 Å². The van der Waals surface area contributed by atoms with E-state index in [0.29, 0.717) is 6.61 Å². The molecule has 2 aromatic carbocycles. The van der Waals surface area contributed by atoms with Gasteiger partial charge in [0.2, 0.25) is 0 Å². The molecular formula is C14H15NOS. The van der Waals surface area contributed by atoms with E-state index in [1.54, 1.807) is 0 Å². The van der Waals surface area contributed by atoms with E-state index in [9.17, 15) is 0 Å². The van der Waals surface area contributed by atoms with Crippen LogP contribution in [0.5, 0.6) is 0 Å². The normalized spacial score (nSPS) is 12.3. The standard InChI is InChI=1S/C14H15NOS/c1-17(13-8-3-2-4-9-13)14-10-6-5-7-12(14)11-16-15/h2-10H,1,11,15H2. The van der Waals surface area contributed by atoms with Crippen LogP contribution in [0.4, 0.5) is 0 Å². The summed E-state index contributed by atoms with van der Waals surface area (Å²) in [5.74, 6) is 9.40. The molecule has 0 radical (unpaired) electrons. The van der Waals surface area contributed by atoms with E-state index < -0.39 is 0 Å². The largest absolute Gasteiger partial charge is 0.300 e. The van der Waals surface area contributed by atoms with Gasteiger partial charge in [-0.25, -0.2) is 5.90 Å². The van der Waals surface area contributed by atoms with Crippen molar-refractivity contribution in [1.29, 1.82) is 0 Å². The van der Waals surface area contributed by atoms with Crippen LogP contribution in [0.1, 0.15) is 5.56 Å². The molecule has 0 spiro atoms. The van der Waals surface area contributed by atoms with Crippen molar-refractivity contribution >= 4 is 16.4 Å². The van der Waals surface area contributed by atoms with Crippen molar-refractivity contribution in [3.8, 4) is 0 Å². The molecule has 2 nitrogen and oxygen atoms in total. The molecule has 17 heavy (non-hydrogen) atoms. The molecule has 0 heterocycles. The Hall–Kier alpha value is -1.42. The van der Waals surface area contributed by atoms with Crippen LogP contribution in [0.15, 0.2) is 64.4 Å². The van der Waals surface area contributed by atoms with Crippen molar-refractivity contribution in [1.82, 2.24) is 0 Å². The maximum absolute atomic E-state index is 5.15. The minimum Gasteiger partial charge on any atom is -0.300 e. The van der Waals surface area contributed by atoms with E-state index in [4.69, 9.17) is 10.7 Å². The first-order valence-corrected chi connectivity index (χ1v) is 6.71. The van der Waals surface area contributed by atoms with Crippen LogP contribution in [0, 0.1) is 0 Å². The number of hydrogen-bond acceptors (Lipinski definition) is 2. The van der Waals surface area contributed by atoms with E-state index in [2.05, 4.69) is 24.1 Å². The third-order valence-electron chi connectivity index (χ3n) is 2.50. The van der Waals surface area contributed by atoms with Gasteiger partial charge in [0.05, 0.1) is 6.61 Å². The Labute approximate surface area is 104 Å². The van der Waals surface area contributed by atoms with Gasteiger partial charge in [-0.3, -0.25) is 4.84 Å². The van der Waals surface area contributed by atoms with Crippen LogP contribution in [0.25, 0.3) is 0 Å². The second-order valence-corrected chi connectivity index (χ2v) is 5.32. The summed E-state index contributed by atoms with van der Waals surface area (Å²) in [6.45, 7) is 0.419. The molecule has 88 valence electrons. The summed E-state index contributed by atoms with van der Waals surface area (Å²) < 4.78 is 0. The van der Waals surface area contributed by atoms with Crippen molar-refractivity contribution in [2.45, 2.75) is 16.4 Å². The molecule has 0 fully saturated rings. The van der Waals surface area contributed by atoms with Crippen LogP contribution in [0.2, 0.25) is 0 Å². The Balaban J connectivity index is 2.37. The molecule has 0 amide bonds. The van der Waals surface area contributed by atoms with Gasteiger partial charge in [0, 0.05) is 9.79 Å². The Morgan fingerprint density at radius 2 is 1.65 bits per heavy atom. The lowest BCUT2D eigenvalue weighted by Crippen LogP contribution is -2.00. The fourth-order valence-corrected chi connectivity index (χ4v) is 3.09. The lowest BCUT2D eigenvalue weighted by atomic mass is 10.2. The summed E-state index contributed by atoms with van der Waals surface area (Å²) in [6.07, 6.45) is 0. The smallest absolute Gasteiger partial charge is 0.0940 e. The van der Waals surface area contributed by atoms with Gasteiger partial charge in [-0.05, 0) is 23.8 Å². The first kappa shape index (κ1) is 12.0. The van der Waals surface area contributed by atoms with E-state index in [1.165, 1.54) is 9.79 Å². The monoisotopic (exact) mass is 245 g/mol. The summed E-state index contributed by atoms with van der Waals surface area (Å²) in [4.78, 5) is 7.14. The Kier molecular flexibility index (Phi) is 4.09. The van der Waals surface area contributed by atoms with Gasteiger partial charge < -0.3 is 0 Å². The van der Waals surface area contributed by atoms with E-state index in [-0.39, 0.29) is 10.5 Å². The van der Waals surface area contributed by atoms with Crippen molar-refractivity contribution in [3.63, 3.8) is 0 Å². The highest BCUT2D eigenvalue weighted by atomic mass is 32.2. The van der Waals surface area contributed by atoms with Gasteiger partial charge in [-0.1, -0.05) is 42.3 Å². The topological polar surface area (TPSA) is 35.2 Å². The molecular weight excluding hydrogens is 230 g/mol. The predicted octanol–water partition coefficient (Wildman–Crippen LogP) is 3.20. The van der Waals surface area contributed by atoms with Gasteiger partial charge in [-0.2, -0.15) is 0 Å². The first-order valence-electron chi connectivity index (χ1n) is 5.31. The molecule has 0 aliphatic heterocycles. The Morgan fingerprint density at radius 3 is 2.35 bits per heavy atom. The Morgan fingerprint density at radius 1 is 1.00 bits per heavy atom. The van der Waals surface area contributed by atoms with Gasteiger partial charge in [0.25, 0.3) is 0 Å². The summed E-state index contributed by atoms with van der Waals surface area (Å²) >= 11 is 0. The number of nitrogens with two attached hydrogens (primary N) is 1. The predicted molar refractivity (Wildman–Crippen MR) is 73.1 cm³/mol. The SMILES string of the molecule is C=S(c1ccccc1)c1ccccc1CON. The number of rotatable bonds is 4. The summed E-state index contributed by atoms with van der Waals surface area (Å²) in [6, 6.07) is 18.4. The molecule has 0 aliphatic rings. The lowest BCUT2D eigenvalue weighted by molar-refractivity contribution is 0.122. The van der Waals surface area contributed by atoms with Gasteiger partial charge in [-0.15, -0.1) is 10.5 Å². The molecule has 2 rings (SSSR count). The zero-order valence-electron chi connectivity index (χ0n) is 9.50. The summed E-state index contributed by atoms with van der Waals surface area (Å²) in [5.41, 5.74) is 1.09. The molecule has 2 N–H and O–H groups in total. The molecule has 0 aliphatic carbocycles. The highest BCUT2D eigenvalue weighted by molar-refractivity contribution is 8.14.